The van der Waals surface area contributed by atoms with E-state index in [1.54, 1.807) is 0 Å². The summed E-state index contributed by atoms with van der Waals surface area (Å²) in [4.78, 5) is 4.50. The molecule has 0 aromatic carbocycles. The van der Waals surface area contributed by atoms with Crippen LogP contribution >= 0.6 is 0 Å². The fourth-order valence-corrected chi connectivity index (χ4v) is 2.85. The molecule has 0 unspecified atom stereocenters. The van der Waals surface area contributed by atoms with Crippen molar-refractivity contribution in [1.29, 1.82) is 0 Å². The molecule has 3 heteroatoms. The average molecular weight is 286 g/mol. The van der Waals surface area contributed by atoms with Crippen molar-refractivity contribution in [3.63, 3.8) is 0 Å². The van der Waals surface area contributed by atoms with Gasteiger partial charge in [0, 0.05) is 23.8 Å². The average Bonchev–Trinajstić information content (AvgIpc) is 3.23. The Kier molecular flexibility index (Phi) is 3.92. The Morgan fingerprint density at radius 2 is 2.10 bits per heavy atom. The fraction of sp³-hybridized carbons (Fsp3) is 0.611. The maximum absolute atomic E-state index is 6.01. The van der Waals surface area contributed by atoms with Crippen LogP contribution in [0.25, 0.3) is 10.9 Å². The van der Waals surface area contributed by atoms with E-state index in [0.717, 1.165) is 31.4 Å². The second-order valence-electron chi connectivity index (χ2n) is 6.81. The number of rotatable bonds is 6. The maximum Gasteiger partial charge on any atom is 0.238 e. The predicted molar refractivity (Wildman–Crippen MR) is 86.9 cm³/mol. The first-order chi connectivity index (χ1) is 10.1. The molecule has 1 fully saturated rings. The van der Waals surface area contributed by atoms with Gasteiger partial charge in [-0.2, -0.15) is 0 Å². The topological polar surface area (TPSA) is 27.1 Å². The number of aromatic nitrogens is 2. The minimum absolute atomic E-state index is 0.658. The summed E-state index contributed by atoms with van der Waals surface area (Å²) in [6, 6.07) is 2.12. The standard InChI is InChI=1S/C18H26N2O/c1-12(2)8-10-21-18-17-16(7-9-19-18)13(3)14(4)20(17)11-15-5-6-15/h7,9,12,15H,5-6,8,10-11H2,1-4H3. The molecule has 21 heavy (non-hydrogen) atoms. The molecule has 0 aliphatic heterocycles. The minimum Gasteiger partial charge on any atom is -0.476 e. The lowest BCUT2D eigenvalue weighted by molar-refractivity contribution is 0.281. The van der Waals surface area contributed by atoms with Gasteiger partial charge in [-0.1, -0.05) is 13.8 Å². The van der Waals surface area contributed by atoms with E-state index in [1.807, 2.05) is 6.20 Å². The van der Waals surface area contributed by atoms with E-state index < -0.39 is 0 Å². The SMILES string of the molecule is Cc1c(C)n(CC2CC2)c2c(OCCC(C)C)nccc12. The highest BCUT2D eigenvalue weighted by molar-refractivity contribution is 5.88. The minimum atomic E-state index is 0.658. The van der Waals surface area contributed by atoms with Gasteiger partial charge in [-0.25, -0.2) is 4.98 Å². The number of nitrogens with zero attached hydrogens (tertiary/aromatic N) is 2. The molecule has 0 radical (unpaired) electrons. The Balaban J connectivity index is 1.96. The number of hydrogen-bond acceptors (Lipinski definition) is 2. The lowest BCUT2D eigenvalue weighted by atomic mass is 10.1. The van der Waals surface area contributed by atoms with E-state index >= 15 is 0 Å². The molecule has 0 bridgehead atoms. The first kappa shape index (κ1) is 14.4. The third-order valence-electron chi connectivity index (χ3n) is 4.58. The van der Waals surface area contributed by atoms with E-state index in [0.29, 0.717) is 5.92 Å². The van der Waals surface area contributed by atoms with Gasteiger partial charge in [-0.3, -0.25) is 0 Å². The highest BCUT2D eigenvalue weighted by Crippen LogP contribution is 2.36. The summed E-state index contributed by atoms with van der Waals surface area (Å²) in [6.07, 6.45) is 5.67. The molecule has 0 saturated heterocycles. The number of aryl methyl sites for hydroxylation is 1. The van der Waals surface area contributed by atoms with E-state index in [4.69, 9.17) is 4.74 Å². The maximum atomic E-state index is 6.01. The zero-order valence-electron chi connectivity index (χ0n) is 13.6. The smallest absolute Gasteiger partial charge is 0.238 e. The molecule has 1 aliphatic carbocycles. The molecule has 0 spiro atoms. The summed E-state index contributed by atoms with van der Waals surface area (Å²) in [7, 11) is 0. The van der Waals surface area contributed by atoms with Crippen LogP contribution in [0.4, 0.5) is 0 Å². The molecule has 0 N–H and O–H groups in total. The summed E-state index contributed by atoms with van der Waals surface area (Å²) in [5.74, 6) is 2.32. The highest BCUT2D eigenvalue weighted by atomic mass is 16.5. The van der Waals surface area contributed by atoms with E-state index in [1.165, 1.54) is 35.0 Å². The predicted octanol–water partition coefficient (Wildman–Crippen LogP) is 4.49. The molecule has 2 aromatic rings. The summed E-state index contributed by atoms with van der Waals surface area (Å²) in [6.45, 7) is 10.7. The van der Waals surface area contributed by atoms with Crippen LogP contribution in [0.15, 0.2) is 12.3 Å². The third-order valence-corrected chi connectivity index (χ3v) is 4.58. The molecule has 114 valence electrons. The lowest BCUT2D eigenvalue weighted by Gasteiger charge is -2.12. The van der Waals surface area contributed by atoms with Gasteiger partial charge < -0.3 is 9.30 Å². The number of ether oxygens (including phenoxy) is 1. The lowest BCUT2D eigenvalue weighted by Crippen LogP contribution is -2.07. The Morgan fingerprint density at radius 1 is 1.33 bits per heavy atom. The summed E-state index contributed by atoms with van der Waals surface area (Å²) < 4.78 is 8.44. The van der Waals surface area contributed by atoms with Crippen molar-refractivity contribution in [3.05, 3.63) is 23.5 Å². The van der Waals surface area contributed by atoms with Crippen molar-refractivity contribution in [2.24, 2.45) is 11.8 Å². The Hall–Kier alpha value is -1.51. The first-order valence-corrected chi connectivity index (χ1v) is 8.15. The van der Waals surface area contributed by atoms with Crippen LogP contribution < -0.4 is 4.74 Å². The van der Waals surface area contributed by atoms with Gasteiger partial charge in [0.05, 0.1) is 6.61 Å². The van der Waals surface area contributed by atoms with Crippen molar-refractivity contribution >= 4 is 10.9 Å². The van der Waals surface area contributed by atoms with Crippen molar-refractivity contribution in [2.75, 3.05) is 6.61 Å². The second-order valence-corrected chi connectivity index (χ2v) is 6.81. The van der Waals surface area contributed by atoms with Crippen LogP contribution in [-0.2, 0) is 6.54 Å². The quantitative estimate of drug-likeness (QED) is 0.782. The summed E-state index contributed by atoms with van der Waals surface area (Å²) in [5, 5.41) is 1.29. The van der Waals surface area contributed by atoms with Gasteiger partial charge in [0.25, 0.3) is 0 Å². The van der Waals surface area contributed by atoms with Gasteiger partial charge >= 0.3 is 0 Å². The zero-order chi connectivity index (χ0) is 15.0. The molecule has 3 rings (SSSR count). The van der Waals surface area contributed by atoms with E-state index in [2.05, 4.69) is 43.3 Å². The highest BCUT2D eigenvalue weighted by Gasteiger charge is 2.25. The molecule has 1 saturated carbocycles. The van der Waals surface area contributed by atoms with Crippen molar-refractivity contribution in [2.45, 2.75) is 53.5 Å². The molecule has 0 atom stereocenters. The van der Waals surface area contributed by atoms with Crippen LogP contribution in [0.1, 0.15) is 44.4 Å². The fourth-order valence-electron chi connectivity index (χ4n) is 2.85. The monoisotopic (exact) mass is 286 g/mol. The van der Waals surface area contributed by atoms with Crippen LogP contribution in [0.3, 0.4) is 0 Å². The Bertz CT molecular complexity index is 638. The Labute approximate surface area is 127 Å². The van der Waals surface area contributed by atoms with Crippen molar-refractivity contribution in [3.8, 4) is 5.88 Å². The van der Waals surface area contributed by atoms with Gasteiger partial charge in [0.15, 0.2) is 0 Å². The first-order valence-electron chi connectivity index (χ1n) is 8.15. The van der Waals surface area contributed by atoms with Crippen molar-refractivity contribution in [1.82, 2.24) is 9.55 Å². The van der Waals surface area contributed by atoms with E-state index in [-0.39, 0.29) is 0 Å². The van der Waals surface area contributed by atoms with Gasteiger partial charge in [0.1, 0.15) is 5.52 Å². The van der Waals surface area contributed by atoms with Crippen LogP contribution in [-0.4, -0.2) is 16.2 Å². The molecule has 3 nitrogen and oxygen atoms in total. The number of hydrogen-bond donors (Lipinski definition) is 0. The van der Waals surface area contributed by atoms with E-state index in [9.17, 15) is 0 Å². The molecule has 2 heterocycles. The Morgan fingerprint density at radius 3 is 2.76 bits per heavy atom. The number of pyridine rings is 1. The molecular weight excluding hydrogens is 260 g/mol. The van der Waals surface area contributed by atoms with Crippen molar-refractivity contribution < 1.29 is 4.74 Å². The molecule has 2 aromatic heterocycles. The number of fused-ring (bicyclic) bond motifs is 1. The summed E-state index contributed by atoms with van der Waals surface area (Å²) >= 11 is 0. The normalized spacial score (nSPS) is 15.1. The van der Waals surface area contributed by atoms with Gasteiger partial charge in [0.2, 0.25) is 5.88 Å². The van der Waals surface area contributed by atoms with Gasteiger partial charge in [-0.15, -0.1) is 0 Å². The summed E-state index contributed by atoms with van der Waals surface area (Å²) in [5.41, 5.74) is 3.92. The largest absolute Gasteiger partial charge is 0.476 e. The van der Waals surface area contributed by atoms with Crippen LogP contribution in [0, 0.1) is 25.7 Å². The molecule has 1 aliphatic rings. The van der Waals surface area contributed by atoms with Crippen LogP contribution in [0.2, 0.25) is 0 Å². The second kappa shape index (κ2) is 5.70. The molecular formula is C18H26N2O. The van der Waals surface area contributed by atoms with Gasteiger partial charge in [-0.05, 0) is 56.6 Å². The zero-order valence-corrected chi connectivity index (χ0v) is 13.6. The van der Waals surface area contributed by atoms with Crippen LogP contribution in [0.5, 0.6) is 5.88 Å². The third kappa shape index (κ3) is 2.92. The molecule has 0 amide bonds.